The largest absolute Gasteiger partial charge is 0.355 e. The number of amides is 2. The molecule has 2 amide bonds. The van der Waals surface area contributed by atoms with Crippen LogP contribution in [0.25, 0.3) is 10.8 Å². The third-order valence-electron chi connectivity index (χ3n) is 5.25. The average Bonchev–Trinajstić information content (AvgIpc) is 2.75. The van der Waals surface area contributed by atoms with Crippen molar-refractivity contribution in [1.29, 1.82) is 0 Å². The summed E-state index contributed by atoms with van der Waals surface area (Å²) in [6.45, 7) is 4.51. The van der Waals surface area contributed by atoms with Crippen molar-refractivity contribution in [2.24, 2.45) is 0 Å². The molecule has 156 valence electrons. The Morgan fingerprint density at radius 3 is 2.53 bits per heavy atom. The molecule has 3 aromatic carbocycles. The van der Waals surface area contributed by atoms with E-state index in [1.165, 1.54) is 0 Å². The van der Waals surface area contributed by atoms with E-state index >= 15 is 0 Å². The number of carbonyl (C=O) groups excluding carboxylic acids is 2. The number of carbonyl (C=O) groups is 2. The van der Waals surface area contributed by atoms with Gasteiger partial charge in [-0.1, -0.05) is 66.2 Å². The molecule has 0 aromatic heterocycles. The summed E-state index contributed by atoms with van der Waals surface area (Å²) in [6.07, 6.45) is 0.951. The van der Waals surface area contributed by atoms with Crippen molar-refractivity contribution in [2.45, 2.75) is 39.3 Å². The van der Waals surface area contributed by atoms with Gasteiger partial charge in [-0.3, -0.25) is 9.59 Å². The molecule has 30 heavy (non-hydrogen) atoms. The number of rotatable bonds is 8. The summed E-state index contributed by atoms with van der Waals surface area (Å²) in [5, 5.41) is 5.75. The number of aryl methyl sites for hydroxylation is 1. The van der Waals surface area contributed by atoms with E-state index in [4.69, 9.17) is 11.6 Å². The molecule has 1 N–H and O–H groups in total. The van der Waals surface area contributed by atoms with Gasteiger partial charge in [-0.15, -0.1) is 0 Å². The smallest absolute Gasteiger partial charge is 0.242 e. The first kappa shape index (κ1) is 21.8. The van der Waals surface area contributed by atoms with Gasteiger partial charge in [0.1, 0.15) is 6.04 Å². The molecule has 0 aliphatic carbocycles. The van der Waals surface area contributed by atoms with Crippen LogP contribution in [0.2, 0.25) is 5.02 Å². The highest BCUT2D eigenvalue weighted by atomic mass is 35.5. The van der Waals surface area contributed by atoms with Crippen LogP contribution in [-0.2, 0) is 22.6 Å². The molecular weight excluding hydrogens is 396 g/mol. The fourth-order valence-corrected chi connectivity index (χ4v) is 3.85. The van der Waals surface area contributed by atoms with Gasteiger partial charge >= 0.3 is 0 Å². The topological polar surface area (TPSA) is 49.4 Å². The van der Waals surface area contributed by atoms with Crippen LogP contribution in [0.1, 0.15) is 31.4 Å². The quantitative estimate of drug-likeness (QED) is 0.556. The minimum Gasteiger partial charge on any atom is -0.355 e. The summed E-state index contributed by atoms with van der Waals surface area (Å²) < 4.78 is 0. The van der Waals surface area contributed by atoms with E-state index < -0.39 is 6.04 Å². The van der Waals surface area contributed by atoms with Crippen molar-refractivity contribution in [3.63, 3.8) is 0 Å². The Bertz CT molecular complexity index is 1030. The molecule has 0 heterocycles. The van der Waals surface area contributed by atoms with Crippen LogP contribution < -0.4 is 5.32 Å². The van der Waals surface area contributed by atoms with Crippen molar-refractivity contribution in [3.05, 3.63) is 82.9 Å². The summed E-state index contributed by atoms with van der Waals surface area (Å²) >= 11 is 6.11. The minimum atomic E-state index is -0.566. The number of hydrogen-bond acceptors (Lipinski definition) is 2. The second-order valence-electron chi connectivity index (χ2n) is 7.36. The highest BCUT2D eigenvalue weighted by molar-refractivity contribution is 6.30. The zero-order valence-electron chi connectivity index (χ0n) is 17.4. The Morgan fingerprint density at radius 2 is 1.77 bits per heavy atom. The summed E-state index contributed by atoms with van der Waals surface area (Å²) in [5.41, 5.74) is 2.03. The molecule has 0 aliphatic rings. The number of likely N-dealkylation sites (N-methyl/N-ethyl adjacent to an activating group) is 1. The van der Waals surface area contributed by atoms with Crippen LogP contribution in [0.3, 0.4) is 0 Å². The van der Waals surface area contributed by atoms with Gasteiger partial charge < -0.3 is 10.2 Å². The highest BCUT2D eigenvalue weighted by Gasteiger charge is 2.25. The maximum atomic E-state index is 13.2. The lowest BCUT2D eigenvalue weighted by atomic mass is 10.0. The summed E-state index contributed by atoms with van der Waals surface area (Å²) in [7, 11) is 0. The predicted molar refractivity (Wildman–Crippen MR) is 122 cm³/mol. The molecule has 4 nitrogen and oxygen atoms in total. The Hall–Kier alpha value is -2.85. The lowest BCUT2D eigenvalue weighted by Crippen LogP contribution is -2.47. The monoisotopic (exact) mass is 422 g/mol. The number of benzene rings is 3. The van der Waals surface area contributed by atoms with Gasteiger partial charge in [-0.25, -0.2) is 0 Å². The van der Waals surface area contributed by atoms with Crippen molar-refractivity contribution >= 4 is 34.2 Å². The van der Waals surface area contributed by atoms with Crippen molar-refractivity contribution in [2.75, 3.05) is 6.54 Å². The standard InChI is InChI=1S/C25H27ClN2O2/c1-3-27-25(30)18(2)28(17-19-8-6-12-22(26)16-19)24(29)15-14-21-11-7-10-20-9-4-5-13-23(20)21/h4-13,16,18H,3,14-15,17H2,1-2H3,(H,27,30)/t18-/m0/s1. The first-order valence-corrected chi connectivity index (χ1v) is 10.7. The van der Waals surface area contributed by atoms with Gasteiger partial charge in [-0.2, -0.15) is 0 Å². The third kappa shape index (κ3) is 5.39. The maximum Gasteiger partial charge on any atom is 0.242 e. The summed E-state index contributed by atoms with van der Waals surface area (Å²) in [5.74, 6) is -0.209. The lowest BCUT2D eigenvalue weighted by Gasteiger charge is -2.29. The first-order chi connectivity index (χ1) is 14.5. The normalized spacial score (nSPS) is 11.8. The molecule has 0 unspecified atom stereocenters. The van der Waals surface area contributed by atoms with E-state index in [0.717, 1.165) is 21.9 Å². The zero-order chi connectivity index (χ0) is 21.5. The molecule has 0 bridgehead atoms. The van der Waals surface area contributed by atoms with E-state index in [0.29, 0.717) is 31.0 Å². The summed E-state index contributed by atoms with van der Waals surface area (Å²) in [4.78, 5) is 27.3. The number of halogens is 1. The van der Waals surface area contributed by atoms with Crippen LogP contribution in [0.4, 0.5) is 0 Å². The predicted octanol–water partition coefficient (Wildman–Crippen LogP) is 4.98. The number of fused-ring (bicyclic) bond motifs is 1. The average molecular weight is 423 g/mol. The Balaban J connectivity index is 1.79. The van der Waals surface area contributed by atoms with Gasteiger partial charge in [0.05, 0.1) is 0 Å². The molecule has 1 atom stereocenters. The lowest BCUT2D eigenvalue weighted by molar-refractivity contribution is -0.140. The van der Waals surface area contributed by atoms with Crippen molar-refractivity contribution in [3.8, 4) is 0 Å². The van der Waals surface area contributed by atoms with E-state index in [2.05, 4.69) is 29.6 Å². The van der Waals surface area contributed by atoms with E-state index in [9.17, 15) is 9.59 Å². The van der Waals surface area contributed by atoms with Crippen LogP contribution in [0.15, 0.2) is 66.7 Å². The molecule has 0 saturated carbocycles. The van der Waals surface area contributed by atoms with Crippen molar-refractivity contribution in [1.82, 2.24) is 10.2 Å². The van der Waals surface area contributed by atoms with Gasteiger partial charge in [0.25, 0.3) is 0 Å². The van der Waals surface area contributed by atoms with Gasteiger partial charge in [0, 0.05) is 24.5 Å². The van der Waals surface area contributed by atoms with Crippen LogP contribution in [-0.4, -0.2) is 29.3 Å². The second kappa shape index (κ2) is 10.3. The van der Waals surface area contributed by atoms with Gasteiger partial charge in [0.2, 0.25) is 11.8 Å². The molecular formula is C25H27ClN2O2. The fraction of sp³-hybridized carbons (Fsp3) is 0.280. The Morgan fingerprint density at radius 1 is 1.03 bits per heavy atom. The molecule has 0 saturated heterocycles. The van der Waals surface area contributed by atoms with E-state index in [-0.39, 0.29) is 11.8 Å². The molecule has 0 spiro atoms. The van der Waals surface area contributed by atoms with Crippen LogP contribution >= 0.6 is 11.6 Å². The van der Waals surface area contributed by atoms with Crippen molar-refractivity contribution < 1.29 is 9.59 Å². The Kier molecular flexibility index (Phi) is 7.47. The van der Waals surface area contributed by atoms with Gasteiger partial charge in [-0.05, 0) is 54.3 Å². The van der Waals surface area contributed by atoms with E-state index in [1.807, 2.05) is 43.3 Å². The van der Waals surface area contributed by atoms with Crippen LogP contribution in [0.5, 0.6) is 0 Å². The molecule has 0 aliphatic heterocycles. The fourth-order valence-electron chi connectivity index (χ4n) is 3.63. The molecule has 3 rings (SSSR count). The minimum absolute atomic E-state index is 0.0540. The number of nitrogens with zero attached hydrogens (tertiary/aromatic N) is 1. The number of hydrogen-bond donors (Lipinski definition) is 1. The Labute approximate surface area is 182 Å². The third-order valence-corrected chi connectivity index (χ3v) is 5.48. The maximum absolute atomic E-state index is 13.2. The van der Waals surface area contributed by atoms with E-state index in [1.54, 1.807) is 17.9 Å². The zero-order valence-corrected chi connectivity index (χ0v) is 18.2. The SMILES string of the molecule is CCNC(=O)[C@H](C)N(Cc1cccc(Cl)c1)C(=O)CCc1cccc2ccccc12. The molecule has 5 heteroatoms. The first-order valence-electron chi connectivity index (χ1n) is 10.3. The molecule has 0 fully saturated rings. The second-order valence-corrected chi connectivity index (χ2v) is 7.80. The highest BCUT2D eigenvalue weighted by Crippen LogP contribution is 2.21. The molecule has 3 aromatic rings. The van der Waals surface area contributed by atoms with Crippen LogP contribution in [0, 0.1) is 0 Å². The van der Waals surface area contributed by atoms with Gasteiger partial charge in [0.15, 0.2) is 0 Å². The molecule has 0 radical (unpaired) electrons. The summed E-state index contributed by atoms with van der Waals surface area (Å²) in [6, 6.07) is 21.2. The number of nitrogens with one attached hydrogen (secondary N) is 1.